The number of carbonyl (C=O) groups is 1. The summed E-state index contributed by atoms with van der Waals surface area (Å²) in [6, 6.07) is 13.9. The van der Waals surface area contributed by atoms with Gasteiger partial charge in [0.15, 0.2) is 0 Å². The Hall–Kier alpha value is -1.68. The molecular formula is C17H19NO2S. The van der Waals surface area contributed by atoms with E-state index in [4.69, 9.17) is 4.42 Å². The standard InChI is InChI=1S/C17H19NO2S/c1-2-14(13-7-4-3-5-8-13)16(19)18-10-12-21-17(18)15-9-6-11-20-15/h3-9,11,14,17H,2,10,12H2,1H3/t14-,17+/m1/s1. The van der Waals surface area contributed by atoms with E-state index in [0.717, 1.165) is 30.0 Å². The third-order valence-corrected chi connectivity index (χ3v) is 5.09. The Bertz CT molecular complexity index is 582. The number of benzene rings is 1. The van der Waals surface area contributed by atoms with E-state index in [9.17, 15) is 4.79 Å². The van der Waals surface area contributed by atoms with Gasteiger partial charge in [0, 0.05) is 12.3 Å². The van der Waals surface area contributed by atoms with Crippen LogP contribution in [0.2, 0.25) is 0 Å². The molecule has 0 N–H and O–H groups in total. The number of hydrogen-bond acceptors (Lipinski definition) is 3. The smallest absolute Gasteiger partial charge is 0.231 e. The summed E-state index contributed by atoms with van der Waals surface area (Å²) in [4.78, 5) is 14.9. The summed E-state index contributed by atoms with van der Waals surface area (Å²) in [5, 5.41) is 0.0188. The van der Waals surface area contributed by atoms with Gasteiger partial charge in [0.2, 0.25) is 5.91 Å². The summed E-state index contributed by atoms with van der Waals surface area (Å²) in [5.74, 6) is 1.97. The third kappa shape index (κ3) is 2.86. The number of rotatable bonds is 4. The maximum Gasteiger partial charge on any atom is 0.231 e. The minimum absolute atomic E-state index is 0.0188. The summed E-state index contributed by atoms with van der Waals surface area (Å²) in [5.41, 5.74) is 1.10. The Balaban J connectivity index is 1.83. The highest BCUT2D eigenvalue weighted by atomic mass is 32.2. The van der Waals surface area contributed by atoms with E-state index in [0.29, 0.717) is 0 Å². The molecule has 1 saturated heterocycles. The predicted molar refractivity (Wildman–Crippen MR) is 85.1 cm³/mol. The molecule has 1 aliphatic heterocycles. The molecule has 1 aromatic heterocycles. The number of nitrogens with zero attached hydrogens (tertiary/aromatic N) is 1. The Morgan fingerprint density at radius 3 is 2.81 bits per heavy atom. The van der Waals surface area contributed by atoms with E-state index >= 15 is 0 Å². The Morgan fingerprint density at radius 1 is 1.33 bits per heavy atom. The Morgan fingerprint density at radius 2 is 2.14 bits per heavy atom. The van der Waals surface area contributed by atoms with Gasteiger partial charge in [-0.1, -0.05) is 37.3 Å². The third-order valence-electron chi connectivity index (χ3n) is 3.87. The number of amides is 1. The normalized spacial score (nSPS) is 19.7. The fourth-order valence-corrected chi connectivity index (χ4v) is 4.01. The Labute approximate surface area is 129 Å². The summed E-state index contributed by atoms with van der Waals surface area (Å²) < 4.78 is 5.50. The van der Waals surface area contributed by atoms with E-state index in [1.54, 1.807) is 18.0 Å². The van der Waals surface area contributed by atoms with Crippen LogP contribution in [0.3, 0.4) is 0 Å². The van der Waals surface area contributed by atoms with Gasteiger partial charge in [0.25, 0.3) is 0 Å². The van der Waals surface area contributed by atoms with E-state index in [1.165, 1.54) is 0 Å². The lowest BCUT2D eigenvalue weighted by molar-refractivity contribution is -0.133. The molecule has 0 unspecified atom stereocenters. The lowest BCUT2D eigenvalue weighted by Gasteiger charge is -2.27. The first-order valence-corrected chi connectivity index (χ1v) is 8.36. The maximum atomic E-state index is 13.0. The second-order valence-corrected chi connectivity index (χ2v) is 6.33. The Kier molecular flexibility index (Phi) is 4.34. The zero-order valence-corrected chi connectivity index (χ0v) is 12.9. The molecule has 2 aromatic rings. The zero-order valence-electron chi connectivity index (χ0n) is 12.1. The van der Waals surface area contributed by atoms with Crippen LogP contribution in [0.5, 0.6) is 0 Å². The SMILES string of the molecule is CC[C@@H](C(=O)N1CCS[C@H]1c1ccco1)c1ccccc1. The second-order valence-electron chi connectivity index (χ2n) is 5.14. The molecule has 4 heteroatoms. The molecular weight excluding hydrogens is 282 g/mol. The molecule has 0 aliphatic carbocycles. The van der Waals surface area contributed by atoms with Crippen LogP contribution < -0.4 is 0 Å². The van der Waals surface area contributed by atoms with Gasteiger partial charge in [0.1, 0.15) is 11.1 Å². The van der Waals surface area contributed by atoms with Crippen molar-refractivity contribution >= 4 is 17.7 Å². The average Bonchev–Trinajstić information content (AvgIpc) is 3.20. The molecule has 1 fully saturated rings. The molecule has 3 rings (SSSR count). The molecule has 0 bridgehead atoms. The van der Waals surface area contributed by atoms with Crippen LogP contribution >= 0.6 is 11.8 Å². The quantitative estimate of drug-likeness (QED) is 0.854. The minimum Gasteiger partial charge on any atom is -0.466 e. The van der Waals surface area contributed by atoms with Crippen molar-refractivity contribution in [2.24, 2.45) is 0 Å². The van der Waals surface area contributed by atoms with Gasteiger partial charge in [-0.15, -0.1) is 11.8 Å². The monoisotopic (exact) mass is 301 g/mol. The molecule has 2 heterocycles. The molecule has 110 valence electrons. The van der Waals surface area contributed by atoms with E-state index in [2.05, 4.69) is 6.92 Å². The van der Waals surface area contributed by atoms with Gasteiger partial charge in [-0.3, -0.25) is 4.79 Å². The van der Waals surface area contributed by atoms with E-state index in [1.807, 2.05) is 47.4 Å². The number of hydrogen-bond donors (Lipinski definition) is 0. The largest absolute Gasteiger partial charge is 0.466 e. The molecule has 0 saturated carbocycles. The molecule has 21 heavy (non-hydrogen) atoms. The van der Waals surface area contributed by atoms with Crippen LogP contribution in [-0.4, -0.2) is 23.1 Å². The second kappa shape index (κ2) is 6.39. The van der Waals surface area contributed by atoms with Gasteiger partial charge in [-0.2, -0.15) is 0 Å². The van der Waals surface area contributed by atoms with E-state index < -0.39 is 0 Å². The summed E-state index contributed by atoms with van der Waals surface area (Å²) >= 11 is 1.77. The van der Waals surface area contributed by atoms with Crippen LogP contribution in [0, 0.1) is 0 Å². The van der Waals surface area contributed by atoms with E-state index in [-0.39, 0.29) is 17.2 Å². The van der Waals surface area contributed by atoms with Crippen LogP contribution in [0.4, 0.5) is 0 Å². The van der Waals surface area contributed by atoms with Gasteiger partial charge in [0.05, 0.1) is 12.2 Å². The topological polar surface area (TPSA) is 33.5 Å². The predicted octanol–water partition coefficient (Wildman–Crippen LogP) is 4.05. The highest BCUT2D eigenvalue weighted by molar-refractivity contribution is 7.99. The number of furan rings is 1. The van der Waals surface area contributed by atoms with Gasteiger partial charge < -0.3 is 9.32 Å². The molecule has 1 amide bonds. The first-order valence-electron chi connectivity index (χ1n) is 7.31. The van der Waals surface area contributed by atoms with Crippen molar-refractivity contribution < 1.29 is 9.21 Å². The molecule has 3 nitrogen and oxygen atoms in total. The van der Waals surface area contributed by atoms with Crippen LogP contribution in [-0.2, 0) is 4.79 Å². The van der Waals surface area contributed by atoms with Gasteiger partial charge in [-0.25, -0.2) is 0 Å². The molecule has 1 aromatic carbocycles. The van der Waals surface area contributed by atoms with Gasteiger partial charge >= 0.3 is 0 Å². The van der Waals surface area contributed by atoms with Gasteiger partial charge in [-0.05, 0) is 24.1 Å². The van der Waals surface area contributed by atoms with Crippen molar-refractivity contribution in [3.63, 3.8) is 0 Å². The highest BCUT2D eigenvalue weighted by Crippen LogP contribution is 2.40. The summed E-state index contributed by atoms with van der Waals surface area (Å²) in [6.45, 7) is 2.86. The minimum atomic E-state index is -0.0673. The number of thioether (sulfide) groups is 1. The van der Waals surface area contributed by atoms with Crippen molar-refractivity contribution in [2.45, 2.75) is 24.6 Å². The lowest BCUT2D eigenvalue weighted by Crippen LogP contribution is -2.34. The van der Waals surface area contributed by atoms with Crippen LogP contribution in [0.1, 0.15) is 36.0 Å². The maximum absolute atomic E-state index is 13.0. The summed E-state index contributed by atoms with van der Waals surface area (Å²) in [6.07, 6.45) is 2.49. The first-order chi connectivity index (χ1) is 10.3. The van der Waals surface area contributed by atoms with Crippen LogP contribution in [0.15, 0.2) is 53.1 Å². The van der Waals surface area contributed by atoms with Crippen LogP contribution in [0.25, 0.3) is 0 Å². The molecule has 2 atom stereocenters. The fraction of sp³-hybridized carbons (Fsp3) is 0.353. The molecule has 0 spiro atoms. The zero-order chi connectivity index (χ0) is 14.7. The summed E-state index contributed by atoms with van der Waals surface area (Å²) in [7, 11) is 0. The first kappa shape index (κ1) is 14.3. The number of carbonyl (C=O) groups excluding carboxylic acids is 1. The van der Waals surface area contributed by atoms with Crippen molar-refractivity contribution in [1.82, 2.24) is 4.90 Å². The van der Waals surface area contributed by atoms with Crippen molar-refractivity contribution in [3.8, 4) is 0 Å². The fourth-order valence-electron chi connectivity index (χ4n) is 2.80. The molecule has 1 aliphatic rings. The van der Waals surface area contributed by atoms with Crippen molar-refractivity contribution in [1.29, 1.82) is 0 Å². The average molecular weight is 301 g/mol. The molecule has 0 radical (unpaired) electrons. The van der Waals surface area contributed by atoms with Crippen molar-refractivity contribution in [3.05, 3.63) is 60.1 Å². The lowest BCUT2D eigenvalue weighted by atomic mass is 9.95. The highest BCUT2D eigenvalue weighted by Gasteiger charge is 2.35. The van der Waals surface area contributed by atoms with Crippen molar-refractivity contribution in [2.75, 3.05) is 12.3 Å².